The van der Waals surface area contributed by atoms with Crippen LogP contribution in [0.5, 0.6) is 0 Å². The van der Waals surface area contributed by atoms with Crippen molar-refractivity contribution in [3.8, 4) is 10.7 Å². The van der Waals surface area contributed by atoms with Gasteiger partial charge in [0.2, 0.25) is 5.91 Å². The molecule has 3 aromatic rings. The fourth-order valence-corrected chi connectivity index (χ4v) is 5.62. The van der Waals surface area contributed by atoms with Crippen LogP contribution in [0.25, 0.3) is 10.7 Å². The van der Waals surface area contributed by atoms with Crippen LogP contribution in [-0.2, 0) is 16.1 Å². The summed E-state index contributed by atoms with van der Waals surface area (Å²) in [7, 11) is 1.51. The molecule has 32 heavy (non-hydrogen) atoms. The molecule has 0 aliphatic heterocycles. The molecule has 0 aliphatic rings. The molecule has 3 rings (SSSR count). The van der Waals surface area contributed by atoms with Crippen LogP contribution in [0.3, 0.4) is 0 Å². The van der Waals surface area contributed by atoms with Crippen molar-refractivity contribution in [2.75, 3.05) is 24.7 Å². The fraction of sp³-hybridized carbons (Fsp3) is 0.350. The van der Waals surface area contributed by atoms with Crippen LogP contribution in [0.2, 0.25) is 0 Å². The van der Waals surface area contributed by atoms with Crippen molar-refractivity contribution >= 4 is 57.2 Å². The number of ether oxygens (including phenoxy) is 1. The van der Waals surface area contributed by atoms with Crippen molar-refractivity contribution in [3.63, 3.8) is 0 Å². The van der Waals surface area contributed by atoms with E-state index in [0.29, 0.717) is 27.1 Å². The number of hydrogen-bond donors (Lipinski definition) is 2. The normalized spacial score (nSPS) is 10.8. The van der Waals surface area contributed by atoms with Crippen LogP contribution < -0.4 is 10.6 Å². The van der Waals surface area contributed by atoms with E-state index >= 15 is 0 Å². The Kier molecular flexibility index (Phi) is 8.04. The summed E-state index contributed by atoms with van der Waals surface area (Å²) < 4.78 is 7.07. The number of thioether (sulfide) groups is 1. The molecular weight excluding hydrogens is 470 g/mol. The second kappa shape index (κ2) is 10.7. The monoisotopic (exact) mass is 493 g/mol. The van der Waals surface area contributed by atoms with E-state index in [2.05, 4.69) is 20.8 Å². The van der Waals surface area contributed by atoms with Gasteiger partial charge in [0.25, 0.3) is 5.91 Å². The third kappa shape index (κ3) is 5.03. The SMILES string of the molecule is CCOC(=O)c1c(NC(=O)CSc2nnc(-c3cccs3)n2CC)sc(C(=O)NC)c1C. The highest BCUT2D eigenvalue weighted by Gasteiger charge is 2.26. The number of aromatic nitrogens is 3. The van der Waals surface area contributed by atoms with Crippen molar-refractivity contribution < 1.29 is 19.1 Å². The number of esters is 1. The molecule has 0 unspecified atom stereocenters. The Balaban J connectivity index is 1.77. The average molecular weight is 494 g/mol. The molecule has 0 radical (unpaired) electrons. The summed E-state index contributed by atoms with van der Waals surface area (Å²) in [6, 6.07) is 3.92. The maximum atomic E-state index is 12.7. The molecule has 0 fully saturated rings. The van der Waals surface area contributed by atoms with E-state index in [1.54, 1.807) is 25.2 Å². The summed E-state index contributed by atoms with van der Waals surface area (Å²) in [5.41, 5.74) is 0.674. The lowest BCUT2D eigenvalue weighted by Crippen LogP contribution is -2.18. The lowest BCUT2D eigenvalue weighted by atomic mass is 10.1. The number of thiophene rings is 2. The quantitative estimate of drug-likeness (QED) is 0.345. The van der Waals surface area contributed by atoms with Crippen LogP contribution in [0.1, 0.15) is 39.4 Å². The number of rotatable bonds is 9. The summed E-state index contributed by atoms with van der Waals surface area (Å²) in [5.74, 6) is -0.402. The molecular formula is C20H23N5O4S3. The predicted octanol–water partition coefficient (Wildman–Crippen LogP) is 3.66. The van der Waals surface area contributed by atoms with Crippen LogP contribution in [0.4, 0.5) is 5.00 Å². The molecule has 2 N–H and O–H groups in total. The summed E-state index contributed by atoms with van der Waals surface area (Å²) >= 11 is 3.88. The molecule has 0 aromatic carbocycles. The highest BCUT2D eigenvalue weighted by Crippen LogP contribution is 2.34. The van der Waals surface area contributed by atoms with Gasteiger partial charge in [-0.15, -0.1) is 32.9 Å². The highest BCUT2D eigenvalue weighted by molar-refractivity contribution is 7.99. The van der Waals surface area contributed by atoms with E-state index in [0.717, 1.165) is 22.0 Å². The number of nitrogens with zero attached hydrogens (tertiary/aromatic N) is 3. The Hall–Kier alpha value is -2.70. The summed E-state index contributed by atoms with van der Waals surface area (Å²) in [6.07, 6.45) is 0. The van der Waals surface area contributed by atoms with E-state index in [-0.39, 0.29) is 29.7 Å². The number of nitrogens with one attached hydrogen (secondary N) is 2. The lowest BCUT2D eigenvalue weighted by Gasteiger charge is -2.08. The van der Waals surface area contributed by atoms with E-state index in [1.165, 1.54) is 18.8 Å². The number of carbonyl (C=O) groups is 3. The summed E-state index contributed by atoms with van der Waals surface area (Å²) in [6.45, 7) is 6.20. The first-order valence-electron chi connectivity index (χ1n) is 9.83. The van der Waals surface area contributed by atoms with Gasteiger partial charge in [-0.2, -0.15) is 0 Å². The van der Waals surface area contributed by atoms with Crippen molar-refractivity contribution in [2.24, 2.45) is 0 Å². The summed E-state index contributed by atoms with van der Waals surface area (Å²) in [5, 5.41) is 16.7. The molecule has 2 amide bonds. The zero-order valence-electron chi connectivity index (χ0n) is 18.1. The Morgan fingerprint density at radius 2 is 2.03 bits per heavy atom. The first-order chi connectivity index (χ1) is 15.4. The van der Waals surface area contributed by atoms with Gasteiger partial charge in [0.1, 0.15) is 5.00 Å². The van der Waals surface area contributed by atoms with Gasteiger partial charge in [-0.3, -0.25) is 9.59 Å². The molecule has 0 saturated heterocycles. The topological polar surface area (TPSA) is 115 Å². The molecule has 0 aliphatic carbocycles. The lowest BCUT2D eigenvalue weighted by molar-refractivity contribution is -0.113. The zero-order chi connectivity index (χ0) is 23.3. The van der Waals surface area contributed by atoms with E-state index in [1.807, 2.05) is 29.0 Å². The van der Waals surface area contributed by atoms with Gasteiger partial charge in [0.05, 0.1) is 27.7 Å². The smallest absolute Gasteiger partial charge is 0.341 e. The Morgan fingerprint density at radius 3 is 2.66 bits per heavy atom. The largest absolute Gasteiger partial charge is 0.462 e. The molecule has 3 aromatic heterocycles. The van der Waals surface area contributed by atoms with Gasteiger partial charge in [-0.1, -0.05) is 17.8 Å². The van der Waals surface area contributed by atoms with Crippen molar-refractivity contribution in [1.29, 1.82) is 0 Å². The number of amides is 2. The predicted molar refractivity (Wildman–Crippen MR) is 127 cm³/mol. The van der Waals surface area contributed by atoms with Crippen LogP contribution in [0, 0.1) is 6.92 Å². The highest BCUT2D eigenvalue weighted by atomic mass is 32.2. The third-order valence-electron chi connectivity index (χ3n) is 4.42. The second-order valence-corrected chi connectivity index (χ2v) is 9.34. The first-order valence-corrected chi connectivity index (χ1v) is 12.5. The maximum Gasteiger partial charge on any atom is 0.341 e. The number of carbonyl (C=O) groups excluding carboxylic acids is 3. The van der Waals surface area contributed by atoms with Gasteiger partial charge in [0, 0.05) is 13.6 Å². The van der Waals surface area contributed by atoms with Gasteiger partial charge >= 0.3 is 5.97 Å². The van der Waals surface area contributed by atoms with E-state index in [4.69, 9.17) is 4.74 Å². The first kappa shape index (κ1) is 24.0. The molecule has 170 valence electrons. The number of anilines is 1. The fourth-order valence-electron chi connectivity index (χ4n) is 2.94. The minimum absolute atomic E-state index is 0.0666. The molecule has 0 saturated carbocycles. The van der Waals surface area contributed by atoms with E-state index in [9.17, 15) is 14.4 Å². The van der Waals surface area contributed by atoms with Crippen LogP contribution in [-0.4, -0.2) is 52.0 Å². The molecule has 0 spiro atoms. The third-order valence-corrected chi connectivity index (χ3v) is 7.46. The molecule has 3 heterocycles. The van der Waals surface area contributed by atoms with Gasteiger partial charge in [0.15, 0.2) is 11.0 Å². The average Bonchev–Trinajstić information content (AvgIpc) is 3.50. The molecule has 12 heteroatoms. The van der Waals surface area contributed by atoms with Gasteiger partial charge < -0.3 is 19.9 Å². The molecule has 0 bridgehead atoms. The molecule has 0 atom stereocenters. The van der Waals surface area contributed by atoms with Crippen LogP contribution in [0.15, 0.2) is 22.7 Å². The number of hydrogen-bond acceptors (Lipinski definition) is 9. The maximum absolute atomic E-state index is 12.7. The summed E-state index contributed by atoms with van der Waals surface area (Å²) in [4.78, 5) is 38.6. The van der Waals surface area contributed by atoms with Gasteiger partial charge in [-0.05, 0) is 37.8 Å². The minimum Gasteiger partial charge on any atom is -0.462 e. The Bertz CT molecular complexity index is 1120. The second-order valence-electron chi connectivity index (χ2n) is 6.42. The van der Waals surface area contributed by atoms with E-state index < -0.39 is 5.97 Å². The Labute approximate surface area is 197 Å². The van der Waals surface area contributed by atoms with Crippen molar-refractivity contribution in [2.45, 2.75) is 32.5 Å². The molecule has 9 nitrogen and oxygen atoms in total. The zero-order valence-corrected chi connectivity index (χ0v) is 20.5. The minimum atomic E-state index is -0.578. The van der Waals surface area contributed by atoms with Crippen LogP contribution >= 0.6 is 34.4 Å². The van der Waals surface area contributed by atoms with Crippen molar-refractivity contribution in [1.82, 2.24) is 20.1 Å². The van der Waals surface area contributed by atoms with Crippen molar-refractivity contribution in [3.05, 3.63) is 33.5 Å². The standard InChI is InChI=1S/C20H23N5O4S3/c1-5-25-16(12-8-7-9-30-12)23-24-20(25)31-10-13(26)22-18-14(19(28)29-6-2)11(3)15(32-18)17(27)21-4/h7-9H,5-6,10H2,1-4H3,(H,21,27)(H,22,26). The van der Waals surface area contributed by atoms with Gasteiger partial charge in [-0.25, -0.2) is 4.79 Å². The Morgan fingerprint density at radius 1 is 1.25 bits per heavy atom.